The van der Waals surface area contributed by atoms with Crippen molar-refractivity contribution in [2.75, 3.05) is 0 Å². The molecule has 0 saturated heterocycles. The largest absolute Gasteiger partial charge is 0.327 e. The lowest BCUT2D eigenvalue weighted by Gasteiger charge is -2.16. The van der Waals surface area contributed by atoms with Crippen molar-refractivity contribution in [2.45, 2.75) is 25.8 Å². The fourth-order valence-corrected chi connectivity index (χ4v) is 1.31. The fourth-order valence-electron chi connectivity index (χ4n) is 1.15. The zero-order valence-corrected chi connectivity index (χ0v) is 8.48. The highest BCUT2D eigenvalue weighted by atomic mass is 35.5. The first-order chi connectivity index (χ1) is 6.02. The third-order valence-electron chi connectivity index (χ3n) is 2.24. The molecule has 0 amide bonds. The highest BCUT2D eigenvalue weighted by Crippen LogP contribution is 2.23. The molecule has 1 nitrogen and oxygen atoms in total. The summed E-state index contributed by atoms with van der Waals surface area (Å²) in [6, 6.07) is 4.62. The summed E-state index contributed by atoms with van der Waals surface area (Å²) in [6.45, 7) is 3.76. The highest BCUT2D eigenvalue weighted by molar-refractivity contribution is 6.30. The topological polar surface area (TPSA) is 26.0 Å². The lowest BCUT2D eigenvalue weighted by molar-refractivity contribution is 0.550. The number of hydrogen-bond acceptors (Lipinski definition) is 1. The van der Waals surface area contributed by atoms with Gasteiger partial charge in [-0.3, -0.25) is 0 Å². The molecule has 0 aliphatic rings. The Labute approximate surface area is 82.7 Å². The van der Waals surface area contributed by atoms with Crippen molar-refractivity contribution in [1.82, 2.24) is 0 Å². The molecule has 3 heteroatoms. The van der Waals surface area contributed by atoms with Crippen LogP contribution in [0.4, 0.5) is 4.39 Å². The van der Waals surface area contributed by atoms with Crippen LogP contribution in [-0.2, 0) is 0 Å². The molecule has 0 spiro atoms. The van der Waals surface area contributed by atoms with Crippen LogP contribution in [0.2, 0.25) is 5.02 Å². The molecule has 2 unspecified atom stereocenters. The molecule has 1 aromatic rings. The lowest BCUT2D eigenvalue weighted by Crippen LogP contribution is -2.23. The van der Waals surface area contributed by atoms with Gasteiger partial charge in [-0.05, 0) is 30.5 Å². The van der Waals surface area contributed by atoms with Crippen LogP contribution in [0.1, 0.15) is 25.3 Å². The maximum atomic E-state index is 13.3. The second kappa shape index (κ2) is 4.07. The van der Waals surface area contributed by atoms with E-state index in [4.69, 9.17) is 17.3 Å². The lowest BCUT2D eigenvalue weighted by atomic mass is 9.95. The van der Waals surface area contributed by atoms with Gasteiger partial charge in [0.15, 0.2) is 0 Å². The van der Waals surface area contributed by atoms with Gasteiger partial charge >= 0.3 is 0 Å². The second-order valence-corrected chi connectivity index (χ2v) is 3.75. The van der Waals surface area contributed by atoms with E-state index in [0.717, 1.165) is 0 Å². The van der Waals surface area contributed by atoms with Gasteiger partial charge in [-0.25, -0.2) is 4.39 Å². The van der Waals surface area contributed by atoms with Crippen LogP contribution in [0, 0.1) is 5.82 Å². The second-order valence-electron chi connectivity index (χ2n) is 3.31. The minimum absolute atomic E-state index is 0.0114. The average molecular weight is 202 g/mol. The predicted molar refractivity (Wildman–Crippen MR) is 53.5 cm³/mol. The van der Waals surface area contributed by atoms with E-state index in [1.54, 1.807) is 12.1 Å². The molecule has 2 atom stereocenters. The Morgan fingerprint density at radius 1 is 1.38 bits per heavy atom. The van der Waals surface area contributed by atoms with Crippen LogP contribution in [-0.4, -0.2) is 6.04 Å². The molecule has 2 N–H and O–H groups in total. The molecule has 72 valence electrons. The van der Waals surface area contributed by atoms with E-state index in [2.05, 4.69) is 0 Å². The molecule has 0 fully saturated rings. The molecule has 13 heavy (non-hydrogen) atoms. The van der Waals surface area contributed by atoms with Crippen LogP contribution >= 0.6 is 11.6 Å². The quantitative estimate of drug-likeness (QED) is 0.783. The molecule has 0 aromatic heterocycles. The van der Waals surface area contributed by atoms with Gasteiger partial charge in [0.1, 0.15) is 5.82 Å². The maximum Gasteiger partial charge on any atom is 0.128 e. The van der Waals surface area contributed by atoms with Gasteiger partial charge in [-0.1, -0.05) is 24.6 Å². The van der Waals surface area contributed by atoms with E-state index < -0.39 is 0 Å². The van der Waals surface area contributed by atoms with E-state index in [1.807, 2.05) is 13.8 Å². The van der Waals surface area contributed by atoms with Gasteiger partial charge in [0.2, 0.25) is 0 Å². The van der Waals surface area contributed by atoms with Crippen LogP contribution in [0.25, 0.3) is 0 Å². The van der Waals surface area contributed by atoms with E-state index >= 15 is 0 Å². The Kier molecular flexibility index (Phi) is 3.28. The standard InChI is InChI=1S/C10H13ClFN/c1-6(7(2)13)9-4-3-8(11)5-10(9)12/h3-7H,13H2,1-2H3. The Hall–Kier alpha value is -0.600. The zero-order valence-electron chi connectivity index (χ0n) is 7.72. The van der Waals surface area contributed by atoms with Crippen molar-refractivity contribution in [3.63, 3.8) is 0 Å². The SMILES string of the molecule is CC(N)C(C)c1ccc(Cl)cc1F. The molecular formula is C10H13ClFN. The first kappa shape index (κ1) is 10.5. The number of halogens is 2. The van der Waals surface area contributed by atoms with Crippen molar-refractivity contribution in [3.05, 3.63) is 34.6 Å². The molecule has 0 radical (unpaired) electrons. The first-order valence-electron chi connectivity index (χ1n) is 4.23. The maximum absolute atomic E-state index is 13.3. The van der Waals surface area contributed by atoms with Crippen molar-refractivity contribution < 1.29 is 4.39 Å². The summed E-state index contributed by atoms with van der Waals surface area (Å²) < 4.78 is 13.3. The summed E-state index contributed by atoms with van der Waals surface area (Å²) in [5.41, 5.74) is 6.30. The summed E-state index contributed by atoms with van der Waals surface area (Å²) in [5, 5.41) is 0.415. The molecule has 0 bridgehead atoms. The molecule has 1 rings (SSSR count). The van der Waals surface area contributed by atoms with Gasteiger partial charge in [-0.2, -0.15) is 0 Å². The summed E-state index contributed by atoms with van der Waals surface area (Å²) in [7, 11) is 0. The fraction of sp³-hybridized carbons (Fsp3) is 0.400. The van der Waals surface area contributed by atoms with Crippen LogP contribution in [0.15, 0.2) is 18.2 Å². The zero-order chi connectivity index (χ0) is 10.0. The van der Waals surface area contributed by atoms with Crippen LogP contribution in [0.5, 0.6) is 0 Å². The summed E-state index contributed by atoms with van der Waals surface area (Å²) >= 11 is 5.63. The third kappa shape index (κ3) is 2.42. The molecule has 1 aromatic carbocycles. The van der Waals surface area contributed by atoms with Crippen molar-refractivity contribution >= 4 is 11.6 Å². The summed E-state index contributed by atoms with van der Waals surface area (Å²) in [5.74, 6) is -0.269. The van der Waals surface area contributed by atoms with Crippen molar-refractivity contribution in [2.24, 2.45) is 5.73 Å². The smallest absolute Gasteiger partial charge is 0.128 e. The molecule has 0 aliphatic carbocycles. The minimum Gasteiger partial charge on any atom is -0.327 e. The normalized spacial score (nSPS) is 15.5. The van der Waals surface area contributed by atoms with Crippen molar-refractivity contribution in [3.8, 4) is 0 Å². The van der Waals surface area contributed by atoms with E-state index in [0.29, 0.717) is 10.6 Å². The van der Waals surface area contributed by atoms with Gasteiger partial charge in [-0.15, -0.1) is 0 Å². The van der Waals surface area contributed by atoms with Crippen LogP contribution in [0.3, 0.4) is 0 Å². The predicted octanol–water partition coefficient (Wildman–Crippen LogP) is 2.93. The highest BCUT2D eigenvalue weighted by Gasteiger charge is 2.14. The molecule has 0 aliphatic heterocycles. The van der Waals surface area contributed by atoms with Crippen molar-refractivity contribution in [1.29, 1.82) is 0 Å². The van der Waals surface area contributed by atoms with Gasteiger partial charge in [0.25, 0.3) is 0 Å². The van der Waals surface area contributed by atoms with Gasteiger partial charge in [0, 0.05) is 11.1 Å². The Morgan fingerprint density at radius 2 is 2.00 bits per heavy atom. The molecule has 0 heterocycles. The van der Waals surface area contributed by atoms with Gasteiger partial charge in [0.05, 0.1) is 0 Å². The van der Waals surface area contributed by atoms with Crippen LogP contribution < -0.4 is 5.73 Å². The summed E-state index contributed by atoms with van der Waals surface area (Å²) in [4.78, 5) is 0. The average Bonchev–Trinajstić information content (AvgIpc) is 2.03. The molecular weight excluding hydrogens is 189 g/mol. The van der Waals surface area contributed by atoms with Gasteiger partial charge < -0.3 is 5.73 Å². The third-order valence-corrected chi connectivity index (χ3v) is 2.48. The number of hydrogen-bond donors (Lipinski definition) is 1. The number of benzene rings is 1. The Balaban J connectivity index is 3.01. The Morgan fingerprint density at radius 3 is 2.46 bits per heavy atom. The minimum atomic E-state index is -0.280. The monoisotopic (exact) mass is 201 g/mol. The number of nitrogens with two attached hydrogens (primary N) is 1. The summed E-state index contributed by atoms with van der Waals surface area (Å²) in [6.07, 6.45) is 0. The number of rotatable bonds is 2. The van der Waals surface area contributed by atoms with E-state index in [1.165, 1.54) is 6.07 Å². The Bertz CT molecular complexity index is 299. The van der Waals surface area contributed by atoms with E-state index in [-0.39, 0.29) is 17.8 Å². The van der Waals surface area contributed by atoms with E-state index in [9.17, 15) is 4.39 Å². The first-order valence-corrected chi connectivity index (χ1v) is 4.60. The molecule has 0 saturated carbocycles.